The van der Waals surface area contributed by atoms with Gasteiger partial charge in [0.25, 0.3) is 0 Å². The molecule has 0 fully saturated rings. The van der Waals surface area contributed by atoms with Crippen LogP contribution in [0, 0.1) is 0 Å². The second kappa shape index (κ2) is 26.6. The Morgan fingerprint density at radius 1 is 0.491 bits per heavy atom. The average molecular weight is 799 g/mol. The molecule has 0 amide bonds. The fourth-order valence-corrected chi connectivity index (χ4v) is 4.13. The molecule has 0 aliphatic rings. The van der Waals surface area contributed by atoms with Crippen molar-refractivity contribution in [3.63, 3.8) is 0 Å². The van der Waals surface area contributed by atoms with Crippen LogP contribution in [0.5, 0.6) is 11.5 Å². The summed E-state index contributed by atoms with van der Waals surface area (Å²) in [7, 11) is 0. The number of benzene rings is 2. The van der Waals surface area contributed by atoms with E-state index in [9.17, 15) is 29.4 Å². The third-order valence-electron chi connectivity index (χ3n) is 7.54. The molecule has 0 radical (unpaired) electrons. The molecule has 0 heterocycles. The van der Waals surface area contributed by atoms with Gasteiger partial charge in [-0.15, -0.1) is 0 Å². The van der Waals surface area contributed by atoms with Crippen LogP contribution in [0.25, 0.3) is 0 Å². The van der Waals surface area contributed by atoms with E-state index in [0.717, 1.165) is 11.1 Å². The summed E-state index contributed by atoms with van der Waals surface area (Å²) in [6.45, 7) is 25.7. The monoisotopic (exact) mass is 798 g/mol. The fraction of sp³-hybridized carbons (Fsp3) is 0.442. The van der Waals surface area contributed by atoms with Gasteiger partial charge >= 0.3 is 23.9 Å². The Morgan fingerprint density at radius 2 is 0.772 bits per heavy atom. The molecule has 314 valence electrons. The van der Waals surface area contributed by atoms with Crippen LogP contribution in [0.2, 0.25) is 0 Å². The number of esters is 4. The van der Waals surface area contributed by atoms with Crippen molar-refractivity contribution in [2.75, 3.05) is 66.1 Å². The molecule has 2 atom stereocenters. The van der Waals surface area contributed by atoms with Gasteiger partial charge in [0.15, 0.2) is 0 Å². The lowest BCUT2D eigenvalue weighted by Gasteiger charge is -2.26. The van der Waals surface area contributed by atoms with Crippen molar-refractivity contribution in [1.29, 1.82) is 0 Å². The Labute approximate surface area is 335 Å². The maximum atomic E-state index is 11.4. The SMILES string of the molecule is C=C(C)C(=O)OCC(O)COc1ccc(C(C)(C)c2ccc(OCC(O)COC(=O)C(=C)C)cc2)cc1.C=C(C)C(=O)OCCOCCOCCOC(=O)C(=C)C. The second-order valence-electron chi connectivity index (χ2n) is 13.4. The summed E-state index contributed by atoms with van der Waals surface area (Å²) < 4.78 is 41.1. The highest BCUT2D eigenvalue weighted by molar-refractivity contribution is 5.88. The van der Waals surface area contributed by atoms with Crippen LogP contribution >= 0.6 is 0 Å². The van der Waals surface area contributed by atoms with Crippen molar-refractivity contribution in [2.45, 2.75) is 59.2 Å². The number of ether oxygens (including phenoxy) is 8. The largest absolute Gasteiger partial charge is 0.491 e. The van der Waals surface area contributed by atoms with Gasteiger partial charge in [0.05, 0.1) is 26.4 Å². The average Bonchev–Trinajstić information content (AvgIpc) is 3.18. The molecule has 14 nitrogen and oxygen atoms in total. The van der Waals surface area contributed by atoms with E-state index in [4.69, 9.17) is 37.9 Å². The first-order valence-electron chi connectivity index (χ1n) is 18.1. The second-order valence-corrected chi connectivity index (χ2v) is 13.4. The lowest BCUT2D eigenvalue weighted by Crippen LogP contribution is -2.25. The molecule has 0 aromatic heterocycles. The Morgan fingerprint density at radius 3 is 1.07 bits per heavy atom. The van der Waals surface area contributed by atoms with Crippen LogP contribution in [0.3, 0.4) is 0 Å². The first-order chi connectivity index (χ1) is 26.8. The minimum Gasteiger partial charge on any atom is -0.491 e. The number of carbonyl (C=O) groups is 4. The summed E-state index contributed by atoms with van der Waals surface area (Å²) in [5.41, 5.74) is 3.05. The van der Waals surface area contributed by atoms with Gasteiger partial charge in [-0.05, 0) is 63.1 Å². The van der Waals surface area contributed by atoms with Crippen LogP contribution in [0.4, 0.5) is 0 Å². The van der Waals surface area contributed by atoms with Crippen LogP contribution < -0.4 is 9.47 Å². The molecule has 14 heteroatoms. The van der Waals surface area contributed by atoms with Gasteiger partial charge in [0.2, 0.25) is 0 Å². The number of hydrogen-bond donors (Lipinski definition) is 2. The third kappa shape index (κ3) is 21.0. The molecule has 0 bridgehead atoms. The third-order valence-corrected chi connectivity index (χ3v) is 7.54. The van der Waals surface area contributed by atoms with E-state index in [0.29, 0.717) is 49.1 Å². The molecule has 2 unspecified atom stereocenters. The van der Waals surface area contributed by atoms with Crippen LogP contribution in [0.1, 0.15) is 52.7 Å². The van der Waals surface area contributed by atoms with Gasteiger partial charge < -0.3 is 48.1 Å². The first-order valence-corrected chi connectivity index (χ1v) is 18.1. The van der Waals surface area contributed by atoms with Gasteiger partial charge in [-0.25, -0.2) is 19.2 Å². The summed E-state index contributed by atoms with van der Waals surface area (Å²) in [6.07, 6.45) is -1.90. The van der Waals surface area contributed by atoms with E-state index in [1.807, 2.05) is 48.5 Å². The smallest absolute Gasteiger partial charge is 0.333 e. The summed E-state index contributed by atoms with van der Waals surface area (Å²) in [6, 6.07) is 15.1. The minimum absolute atomic E-state index is 0.0152. The lowest BCUT2D eigenvalue weighted by molar-refractivity contribution is -0.143. The highest BCUT2D eigenvalue weighted by Crippen LogP contribution is 2.33. The Bertz CT molecular complexity index is 1510. The molecule has 2 N–H and O–H groups in total. The van der Waals surface area contributed by atoms with Gasteiger partial charge in [-0.1, -0.05) is 64.4 Å². The number of aliphatic hydroxyl groups is 2. The zero-order chi connectivity index (χ0) is 43.0. The Kier molecular flexibility index (Phi) is 23.2. The first kappa shape index (κ1) is 49.7. The number of rotatable bonds is 25. The molecule has 2 rings (SSSR count). The fourth-order valence-electron chi connectivity index (χ4n) is 4.13. The van der Waals surface area contributed by atoms with Gasteiger partial charge in [-0.2, -0.15) is 0 Å². The molecule has 0 saturated carbocycles. The van der Waals surface area contributed by atoms with E-state index in [-0.39, 0.29) is 56.2 Å². The number of carbonyl (C=O) groups excluding carboxylic acids is 4. The van der Waals surface area contributed by atoms with Crippen molar-refractivity contribution >= 4 is 23.9 Å². The lowest BCUT2D eigenvalue weighted by atomic mass is 9.78. The van der Waals surface area contributed by atoms with Crippen molar-refractivity contribution in [3.8, 4) is 11.5 Å². The topological polar surface area (TPSA) is 183 Å². The molecular weight excluding hydrogens is 740 g/mol. The Hall–Kier alpha value is -5.28. The molecule has 0 saturated heterocycles. The van der Waals surface area contributed by atoms with Crippen LogP contribution in [-0.2, 0) is 53.0 Å². The van der Waals surface area contributed by atoms with Gasteiger partial charge in [0.1, 0.15) is 63.3 Å². The summed E-state index contributed by atoms with van der Waals surface area (Å²) in [5.74, 6) is -0.788. The van der Waals surface area contributed by atoms with Crippen LogP contribution in [-0.4, -0.2) is 112 Å². The molecule has 2 aromatic rings. The number of aliphatic hydroxyl groups excluding tert-OH is 2. The maximum Gasteiger partial charge on any atom is 0.333 e. The molecular formula is C43H58O14. The van der Waals surface area contributed by atoms with Crippen molar-refractivity contribution < 1.29 is 67.3 Å². The van der Waals surface area contributed by atoms with E-state index in [1.54, 1.807) is 13.8 Å². The van der Waals surface area contributed by atoms with E-state index < -0.39 is 36.1 Å². The minimum atomic E-state index is -0.951. The molecule has 0 spiro atoms. The Balaban J connectivity index is 0.000000688. The maximum absolute atomic E-state index is 11.4. The van der Waals surface area contributed by atoms with Gasteiger partial charge in [-0.3, -0.25) is 0 Å². The standard InChI is InChI=1S/C29H36O8.C14H22O6/c1-19(2)27(32)36-17-23(30)15-34-25-11-7-21(8-12-25)29(5,6)22-9-13-26(14-10-22)35-16-24(31)18-37-28(33)20(3)4;1-11(2)13(15)19-9-7-17-5-6-18-8-10-20-14(16)12(3)4/h7-14,23-24,30-31H,1,3,15-18H2,2,4-6H3;1,3,5-10H2,2,4H3. The van der Waals surface area contributed by atoms with E-state index in [2.05, 4.69) is 40.2 Å². The van der Waals surface area contributed by atoms with Crippen LogP contribution in [0.15, 0.2) is 97.1 Å². The zero-order valence-corrected chi connectivity index (χ0v) is 34.0. The normalized spacial score (nSPS) is 11.7. The number of hydrogen-bond acceptors (Lipinski definition) is 14. The predicted molar refractivity (Wildman–Crippen MR) is 213 cm³/mol. The van der Waals surface area contributed by atoms with E-state index >= 15 is 0 Å². The molecule has 2 aromatic carbocycles. The van der Waals surface area contributed by atoms with E-state index in [1.165, 1.54) is 13.8 Å². The highest BCUT2D eigenvalue weighted by Gasteiger charge is 2.23. The van der Waals surface area contributed by atoms with Crippen molar-refractivity contribution in [2.24, 2.45) is 0 Å². The molecule has 57 heavy (non-hydrogen) atoms. The van der Waals surface area contributed by atoms with Crippen molar-refractivity contribution in [1.82, 2.24) is 0 Å². The van der Waals surface area contributed by atoms with Gasteiger partial charge in [0, 0.05) is 27.7 Å². The molecule has 0 aliphatic heterocycles. The summed E-state index contributed by atoms with van der Waals surface area (Å²) in [5, 5.41) is 19.9. The highest BCUT2D eigenvalue weighted by atomic mass is 16.6. The zero-order valence-electron chi connectivity index (χ0n) is 34.0. The molecule has 0 aliphatic carbocycles. The predicted octanol–water partition coefficient (Wildman–Crippen LogP) is 4.99. The van der Waals surface area contributed by atoms with Crippen molar-refractivity contribution in [3.05, 3.63) is 108 Å². The quantitative estimate of drug-likeness (QED) is 0.0593. The summed E-state index contributed by atoms with van der Waals surface area (Å²) in [4.78, 5) is 44.8. The summed E-state index contributed by atoms with van der Waals surface area (Å²) >= 11 is 0.